The van der Waals surface area contributed by atoms with Crippen LogP contribution in [0.2, 0.25) is 5.02 Å². The number of hydrogen-bond acceptors (Lipinski definition) is 5. The first-order valence-electron chi connectivity index (χ1n) is 8.06. The summed E-state index contributed by atoms with van der Waals surface area (Å²) in [5, 5.41) is 11.2. The molecule has 0 atom stereocenters. The molecule has 26 heavy (non-hydrogen) atoms. The molecule has 1 heterocycles. The summed E-state index contributed by atoms with van der Waals surface area (Å²) < 4.78 is 6.81. The SMILES string of the molecule is CCOc1ccc(-n2nnc(C(=O)NCc3ccccc3Cl)c2N)cc1. The van der Waals surface area contributed by atoms with Gasteiger partial charge in [-0.25, -0.2) is 0 Å². The molecule has 2 aromatic carbocycles. The van der Waals surface area contributed by atoms with Crippen molar-refractivity contribution in [1.29, 1.82) is 0 Å². The van der Waals surface area contributed by atoms with Crippen LogP contribution in [-0.2, 0) is 6.54 Å². The molecule has 0 saturated carbocycles. The van der Waals surface area contributed by atoms with Crippen LogP contribution in [0.1, 0.15) is 23.0 Å². The highest BCUT2D eigenvalue weighted by Crippen LogP contribution is 2.19. The summed E-state index contributed by atoms with van der Waals surface area (Å²) in [6.45, 7) is 2.77. The molecule has 1 aromatic heterocycles. The van der Waals surface area contributed by atoms with Gasteiger partial charge in [0.2, 0.25) is 0 Å². The highest BCUT2D eigenvalue weighted by molar-refractivity contribution is 6.31. The lowest BCUT2D eigenvalue weighted by molar-refractivity contribution is 0.0947. The fourth-order valence-electron chi connectivity index (χ4n) is 2.39. The number of halogens is 1. The molecule has 0 saturated heterocycles. The van der Waals surface area contributed by atoms with E-state index in [1.54, 1.807) is 30.3 Å². The monoisotopic (exact) mass is 371 g/mol. The molecular formula is C18H18ClN5O2. The molecule has 8 heteroatoms. The number of nitrogens with zero attached hydrogens (tertiary/aromatic N) is 3. The minimum absolute atomic E-state index is 0.0611. The Morgan fingerprint density at radius 1 is 1.23 bits per heavy atom. The van der Waals surface area contributed by atoms with Gasteiger partial charge in [-0.3, -0.25) is 4.79 Å². The van der Waals surface area contributed by atoms with Gasteiger partial charge in [-0.2, -0.15) is 4.68 Å². The second-order valence-corrected chi connectivity index (χ2v) is 5.84. The smallest absolute Gasteiger partial charge is 0.275 e. The van der Waals surface area contributed by atoms with E-state index < -0.39 is 5.91 Å². The van der Waals surface area contributed by atoms with Crippen LogP contribution in [0.3, 0.4) is 0 Å². The van der Waals surface area contributed by atoms with Gasteiger partial charge in [0.1, 0.15) is 5.75 Å². The van der Waals surface area contributed by atoms with E-state index in [1.807, 2.05) is 25.1 Å². The Labute approximate surface area is 155 Å². The Bertz CT molecular complexity index is 908. The van der Waals surface area contributed by atoms with Gasteiger partial charge in [-0.1, -0.05) is 35.0 Å². The molecule has 0 unspecified atom stereocenters. The zero-order valence-corrected chi connectivity index (χ0v) is 14.9. The van der Waals surface area contributed by atoms with E-state index in [9.17, 15) is 4.79 Å². The van der Waals surface area contributed by atoms with Crippen LogP contribution in [0.15, 0.2) is 48.5 Å². The number of carbonyl (C=O) groups excluding carboxylic acids is 1. The van der Waals surface area contributed by atoms with Gasteiger partial charge in [0.15, 0.2) is 11.5 Å². The maximum Gasteiger partial charge on any atom is 0.275 e. The zero-order valence-electron chi connectivity index (χ0n) is 14.1. The van der Waals surface area contributed by atoms with Crippen molar-refractivity contribution in [1.82, 2.24) is 20.3 Å². The topological polar surface area (TPSA) is 95.1 Å². The first kappa shape index (κ1) is 17.8. The van der Waals surface area contributed by atoms with E-state index in [0.29, 0.717) is 17.3 Å². The van der Waals surface area contributed by atoms with Gasteiger partial charge in [0, 0.05) is 11.6 Å². The standard InChI is InChI=1S/C18H18ClN5O2/c1-2-26-14-9-7-13(8-10-14)24-17(20)16(22-23-24)18(25)21-11-12-5-3-4-6-15(12)19/h3-10H,2,11,20H2,1H3,(H,21,25). The van der Waals surface area contributed by atoms with Gasteiger partial charge >= 0.3 is 0 Å². The Morgan fingerprint density at radius 2 is 1.96 bits per heavy atom. The van der Waals surface area contributed by atoms with E-state index >= 15 is 0 Å². The van der Waals surface area contributed by atoms with Crippen LogP contribution < -0.4 is 15.8 Å². The van der Waals surface area contributed by atoms with Crippen molar-refractivity contribution in [3.05, 3.63) is 64.8 Å². The molecule has 0 aliphatic rings. The lowest BCUT2D eigenvalue weighted by Crippen LogP contribution is -2.24. The third kappa shape index (κ3) is 3.78. The number of nitrogens with two attached hydrogens (primary N) is 1. The molecule has 7 nitrogen and oxygen atoms in total. The predicted octanol–water partition coefficient (Wildman–Crippen LogP) is 2.83. The first-order valence-corrected chi connectivity index (χ1v) is 8.44. The number of hydrogen-bond donors (Lipinski definition) is 2. The fourth-order valence-corrected chi connectivity index (χ4v) is 2.60. The summed E-state index contributed by atoms with van der Waals surface area (Å²) >= 11 is 6.09. The number of carbonyl (C=O) groups is 1. The Balaban J connectivity index is 1.73. The lowest BCUT2D eigenvalue weighted by Gasteiger charge is -2.07. The summed E-state index contributed by atoms with van der Waals surface area (Å²) in [5.74, 6) is 0.484. The number of rotatable bonds is 6. The molecule has 0 radical (unpaired) electrons. The molecule has 3 aromatic rings. The molecule has 134 valence electrons. The third-order valence-corrected chi connectivity index (χ3v) is 4.08. The first-order chi connectivity index (χ1) is 12.6. The van der Waals surface area contributed by atoms with Crippen molar-refractivity contribution in [2.75, 3.05) is 12.3 Å². The van der Waals surface area contributed by atoms with E-state index in [-0.39, 0.29) is 18.1 Å². The van der Waals surface area contributed by atoms with Crippen LogP contribution in [0.4, 0.5) is 5.82 Å². The molecule has 3 rings (SSSR count). The van der Waals surface area contributed by atoms with Gasteiger partial charge in [-0.05, 0) is 42.8 Å². The van der Waals surface area contributed by atoms with Crippen LogP contribution in [0, 0.1) is 0 Å². The highest BCUT2D eigenvalue weighted by Gasteiger charge is 2.18. The van der Waals surface area contributed by atoms with Gasteiger partial charge in [0.25, 0.3) is 5.91 Å². The number of nitrogen functional groups attached to an aromatic ring is 1. The normalized spacial score (nSPS) is 10.5. The summed E-state index contributed by atoms with van der Waals surface area (Å²) in [6.07, 6.45) is 0. The second kappa shape index (κ2) is 7.88. The number of ether oxygens (including phenoxy) is 1. The van der Waals surface area contributed by atoms with Crippen molar-refractivity contribution < 1.29 is 9.53 Å². The number of nitrogens with one attached hydrogen (secondary N) is 1. The molecule has 3 N–H and O–H groups in total. The average Bonchev–Trinajstić information content (AvgIpc) is 3.03. The summed E-state index contributed by atoms with van der Waals surface area (Å²) in [7, 11) is 0. The van der Waals surface area contributed by atoms with Crippen LogP contribution in [0.5, 0.6) is 5.75 Å². The maximum absolute atomic E-state index is 12.4. The van der Waals surface area contributed by atoms with Crippen LogP contribution in [0.25, 0.3) is 5.69 Å². The Morgan fingerprint density at radius 3 is 2.65 bits per heavy atom. The minimum Gasteiger partial charge on any atom is -0.494 e. The van der Waals surface area contributed by atoms with Crippen molar-refractivity contribution in [3.63, 3.8) is 0 Å². The molecule has 1 amide bonds. The molecule has 0 spiro atoms. The van der Waals surface area contributed by atoms with E-state index in [0.717, 1.165) is 11.3 Å². The van der Waals surface area contributed by atoms with Crippen molar-refractivity contribution >= 4 is 23.3 Å². The number of aromatic nitrogens is 3. The zero-order chi connectivity index (χ0) is 18.5. The summed E-state index contributed by atoms with van der Waals surface area (Å²) in [5.41, 5.74) is 7.60. The van der Waals surface area contributed by atoms with Crippen LogP contribution >= 0.6 is 11.6 Å². The number of anilines is 1. The molecule has 0 aliphatic carbocycles. The molecule has 0 aliphatic heterocycles. The largest absolute Gasteiger partial charge is 0.494 e. The second-order valence-electron chi connectivity index (χ2n) is 5.44. The molecular weight excluding hydrogens is 354 g/mol. The fraction of sp³-hybridized carbons (Fsp3) is 0.167. The van der Waals surface area contributed by atoms with Gasteiger partial charge in [0.05, 0.1) is 12.3 Å². The number of amides is 1. The van der Waals surface area contributed by atoms with Crippen molar-refractivity contribution in [2.45, 2.75) is 13.5 Å². The number of benzene rings is 2. The maximum atomic E-state index is 12.4. The Hall–Kier alpha value is -3.06. The minimum atomic E-state index is -0.417. The quantitative estimate of drug-likeness (QED) is 0.694. The van der Waals surface area contributed by atoms with Gasteiger partial charge in [-0.15, -0.1) is 5.10 Å². The lowest BCUT2D eigenvalue weighted by atomic mass is 10.2. The Kier molecular flexibility index (Phi) is 5.38. The van der Waals surface area contributed by atoms with E-state index in [1.165, 1.54) is 4.68 Å². The van der Waals surface area contributed by atoms with E-state index in [4.69, 9.17) is 22.1 Å². The summed E-state index contributed by atoms with van der Waals surface area (Å²) in [6, 6.07) is 14.5. The van der Waals surface area contributed by atoms with E-state index in [2.05, 4.69) is 15.6 Å². The molecule has 0 fully saturated rings. The third-order valence-electron chi connectivity index (χ3n) is 3.71. The predicted molar refractivity (Wildman–Crippen MR) is 99.6 cm³/mol. The highest BCUT2D eigenvalue weighted by atomic mass is 35.5. The molecule has 0 bridgehead atoms. The summed E-state index contributed by atoms with van der Waals surface area (Å²) in [4.78, 5) is 12.4. The van der Waals surface area contributed by atoms with Gasteiger partial charge < -0.3 is 15.8 Å². The van der Waals surface area contributed by atoms with Crippen molar-refractivity contribution in [2.24, 2.45) is 0 Å². The average molecular weight is 372 g/mol. The van der Waals surface area contributed by atoms with Crippen LogP contribution in [-0.4, -0.2) is 27.5 Å². The van der Waals surface area contributed by atoms with Crippen molar-refractivity contribution in [3.8, 4) is 11.4 Å².